The normalized spacial score (nSPS) is 12.6. The van der Waals surface area contributed by atoms with Gasteiger partial charge in [-0.3, -0.25) is 24.7 Å². The average molecular weight is 1270 g/mol. The highest BCUT2D eigenvalue weighted by Crippen LogP contribution is 2.15. The van der Waals surface area contributed by atoms with E-state index >= 15 is 0 Å². The minimum absolute atomic E-state index is 0. The van der Waals surface area contributed by atoms with Gasteiger partial charge in [-0.1, -0.05) is 77.7 Å². The SMILES string of the molecule is C.C.C.CC(C)[C@H](NC(=O)N(C)Cc1cncs1)C(=O)O.CC[C@@H](CC[C@H](CC)NC(=O)[C@@H](NC(=O)N(C)Cc1cncs1)C(C)C)NC(=O)OCc1cncs1.CC[C@H](N)CC[C@H](CC)NC(=O)OCc1cncs1.I. The van der Waals surface area contributed by atoms with Crippen LogP contribution in [0.25, 0.3) is 0 Å². The lowest BCUT2D eigenvalue weighted by Crippen LogP contribution is -2.54. The smallest absolute Gasteiger partial charge is 0.407 e. The predicted molar refractivity (Wildman–Crippen MR) is 323 cm³/mol. The van der Waals surface area contributed by atoms with Gasteiger partial charge in [-0.25, -0.2) is 24.0 Å². The number of hydrogen-bond acceptors (Lipinski definition) is 17. The van der Waals surface area contributed by atoms with Gasteiger partial charge in [0.2, 0.25) is 5.91 Å². The summed E-state index contributed by atoms with van der Waals surface area (Å²) in [5.41, 5.74) is 12.7. The van der Waals surface area contributed by atoms with Crippen molar-refractivity contribution < 1.29 is 43.3 Å². The molecule has 7 amide bonds. The van der Waals surface area contributed by atoms with E-state index in [2.05, 4.69) is 53.4 Å². The number of aromatic nitrogens is 4. The summed E-state index contributed by atoms with van der Waals surface area (Å²) in [5.74, 6) is -1.48. The highest BCUT2D eigenvalue weighted by Gasteiger charge is 2.28. The summed E-state index contributed by atoms with van der Waals surface area (Å²) in [4.78, 5) is 94.9. The number of hydrogen-bond donors (Lipinski definition) is 7. The monoisotopic (exact) mass is 1270 g/mol. The number of nitrogens with one attached hydrogen (secondary N) is 5. The molecule has 4 heterocycles. The fourth-order valence-electron chi connectivity index (χ4n) is 6.55. The molecule has 6 atom stereocenters. The molecule has 0 aliphatic carbocycles. The number of carboxylic acids is 1. The van der Waals surface area contributed by atoms with Crippen LogP contribution in [0.3, 0.4) is 0 Å². The number of halogens is 1. The van der Waals surface area contributed by atoms with E-state index in [1.165, 1.54) is 50.2 Å². The van der Waals surface area contributed by atoms with Crippen molar-refractivity contribution in [1.29, 1.82) is 0 Å². The lowest BCUT2D eigenvalue weighted by atomic mass is 10.00. The Bertz CT molecular complexity index is 2140. The predicted octanol–water partition coefficient (Wildman–Crippen LogP) is 10.7. The molecule has 0 aliphatic heterocycles. The molecule has 0 unspecified atom stereocenters. The summed E-state index contributed by atoms with van der Waals surface area (Å²) in [7, 11) is 3.31. The molecule has 0 saturated heterocycles. The van der Waals surface area contributed by atoms with Crippen LogP contribution < -0.4 is 32.3 Å². The number of nitrogens with zero attached hydrogens (tertiary/aromatic N) is 6. The fourth-order valence-corrected chi connectivity index (χ4v) is 8.86. The van der Waals surface area contributed by atoms with Gasteiger partial charge in [0.25, 0.3) is 0 Å². The summed E-state index contributed by atoms with van der Waals surface area (Å²) in [5, 5.41) is 23.2. The van der Waals surface area contributed by atoms with E-state index in [1.807, 2.05) is 34.6 Å². The molecule has 21 nitrogen and oxygen atoms in total. The first-order valence-electron chi connectivity index (χ1n) is 24.5. The number of urea groups is 2. The molecular weight excluding hydrogens is 1180 g/mol. The Morgan fingerprint density at radius 3 is 1.19 bits per heavy atom. The Kier molecular flexibility index (Phi) is 42.9. The molecule has 26 heteroatoms. The molecule has 0 aliphatic rings. The maximum absolute atomic E-state index is 13.1. The number of aliphatic carboxylic acids is 1. The van der Waals surface area contributed by atoms with Gasteiger partial charge in [0.1, 0.15) is 25.3 Å². The zero-order chi connectivity index (χ0) is 54.3. The lowest BCUT2D eigenvalue weighted by molar-refractivity contribution is -0.140. The second-order valence-electron chi connectivity index (χ2n) is 17.9. The second kappa shape index (κ2) is 43.2. The van der Waals surface area contributed by atoms with Crippen molar-refractivity contribution in [3.8, 4) is 0 Å². The first kappa shape index (κ1) is 76.5. The van der Waals surface area contributed by atoms with E-state index in [9.17, 15) is 28.8 Å². The van der Waals surface area contributed by atoms with Crippen LogP contribution in [0.15, 0.2) is 46.8 Å². The molecule has 0 radical (unpaired) electrons. The van der Waals surface area contributed by atoms with Crippen molar-refractivity contribution in [2.75, 3.05) is 14.1 Å². The van der Waals surface area contributed by atoms with Crippen molar-refractivity contribution in [2.45, 2.75) is 192 Å². The number of rotatable bonds is 27. The van der Waals surface area contributed by atoms with E-state index < -0.39 is 30.2 Å². The van der Waals surface area contributed by atoms with E-state index in [1.54, 1.807) is 79.7 Å². The maximum Gasteiger partial charge on any atom is 0.407 e. The highest BCUT2D eigenvalue weighted by atomic mass is 127. The van der Waals surface area contributed by atoms with Crippen LogP contribution in [-0.4, -0.2) is 121 Å². The zero-order valence-electron chi connectivity index (χ0n) is 44.2. The Hall–Kier alpha value is -4.77. The lowest BCUT2D eigenvalue weighted by Gasteiger charge is -2.28. The van der Waals surface area contributed by atoms with Gasteiger partial charge >= 0.3 is 30.2 Å². The molecule has 77 heavy (non-hydrogen) atoms. The van der Waals surface area contributed by atoms with E-state index in [0.29, 0.717) is 25.9 Å². The van der Waals surface area contributed by atoms with Crippen LogP contribution in [0.1, 0.15) is 149 Å². The summed E-state index contributed by atoms with van der Waals surface area (Å²) >= 11 is 5.84. The number of nitrogens with two attached hydrogens (primary N) is 1. The summed E-state index contributed by atoms with van der Waals surface area (Å²) in [6, 6.07) is -2.03. The Balaban J connectivity index is -0.00000114. The second-order valence-corrected chi connectivity index (χ2v) is 21.7. The van der Waals surface area contributed by atoms with Crippen molar-refractivity contribution in [2.24, 2.45) is 17.6 Å². The fraction of sp³-hybridized carbons (Fsp3) is 0.647. The van der Waals surface area contributed by atoms with Crippen LogP contribution in [0.5, 0.6) is 0 Å². The molecule has 4 aromatic rings. The third-order valence-electron chi connectivity index (χ3n) is 11.3. The van der Waals surface area contributed by atoms with Crippen LogP contribution in [0, 0.1) is 11.8 Å². The van der Waals surface area contributed by atoms with Crippen molar-refractivity contribution in [1.82, 2.24) is 56.3 Å². The van der Waals surface area contributed by atoms with Gasteiger partial charge in [0.05, 0.1) is 44.9 Å². The Morgan fingerprint density at radius 1 is 0.545 bits per heavy atom. The molecule has 0 aromatic carbocycles. The van der Waals surface area contributed by atoms with Crippen LogP contribution in [-0.2, 0) is 45.4 Å². The third-order valence-corrected chi connectivity index (χ3v) is 14.3. The van der Waals surface area contributed by atoms with E-state index in [4.69, 9.17) is 20.3 Å². The third kappa shape index (κ3) is 32.0. The minimum atomic E-state index is -1.02. The average Bonchev–Trinajstić information content (AvgIpc) is 4.24. The molecule has 4 rings (SSSR count). The standard InChI is InChI=1S/C24H38N6O4S2.C13H23N3O2S.C11H17N3O3S.3CH4.HI/c1-6-17(8-9-18(7-2)28-24(33)34-13-20-11-26-15-36-20)27-22(31)21(16(3)4)29-23(32)30(5)12-19-10-25-14-35-19;1-3-10(14)5-6-11(4-2)16-13(17)18-8-12-7-15-9-19-12;1-7(2)9(10(15)16)13-11(17)14(3)5-8-4-12-6-18-8;;;;/h10-11,14-18,21H,6-9,12-13H2,1-5H3,(H,27,31)(H,28,33)(H,29,32);7,9-11H,3-6,8,14H2,1-2H3,(H,16,17);4,6-7,9H,5H2,1-3H3,(H,13,17)(H,15,16);3*1H4;1H/t17-,18-,21-;10-,11-;9-;;;;/m000..../s1. The van der Waals surface area contributed by atoms with Gasteiger partial charge in [0.15, 0.2) is 0 Å². The van der Waals surface area contributed by atoms with Gasteiger partial charge in [-0.15, -0.1) is 69.3 Å². The van der Waals surface area contributed by atoms with Crippen LogP contribution in [0.2, 0.25) is 0 Å². The molecular formula is C51H91IN12O9S4. The number of carbonyl (C=O) groups excluding carboxylic acids is 5. The Labute approximate surface area is 491 Å². The first-order valence-corrected chi connectivity index (χ1v) is 28.0. The Morgan fingerprint density at radius 2 is 0.883 bits per heavy atom. The van der Waals surface area contributed by atoms with Crippen molar-refractivity contribution >= 4 is 105 Å². The molecule has 0 saturated carbocycles. The zero-order valence-corrected chi connectivity index (χ0v) is 49.8. The summed E-state index contributed by atoms with van der Waals surface area (Å²) in [6.45, 7) is 16.8. The van der Waals surface area contributed by atoms with Gasteiger partial charge < -0.3 is 56.7 Å². The first-order chi connectivity index (χ1) is 34.8. The molecule has 440 valence electrons. The summed E-state index contributed by atoms with van der Waals surface area (Å²) < 4.78 is 10.4. The van der Waals surface area contributed by atoms with Gasteiger partial charge in [-0.2, -0.15) is 0 Å². The van der Waals surface area contributed by atoms with Crippen LogP contribution >= 0.6 is 69.3 Å². The van der Waals surface area contributed by atoms with E-state index in [0.717, 1.165) is 58.0 Å². The molecule has 8 N–H and O–H groups in total. The number of carbonyl (C=O) groups is 6. The molecule has 4 aromatic heterocycles. The largest absolute Gasteiger partial charge is 0.480 e. The van der Waals surface area contributed by atoms with Crippen LogP contribution in [0.4, 0.5) is 19.2 Å². The number of alkyl carbamates (subject to hydrolysis) is 2. The molecule has 0 bridgehead atoms. The topological polar surface area (TPSA) is 285 Å². The van der Waals surface area contributed by atoms with Crippen molar-refractivity contribution in [3.63, 3.8) is 0 Å². The van der Waals surface area contributed by atoms with Gasteiger partial charge in [0, 0.05) is 72.8 Å². The molecule has 0 spiro atoms. The van der Waals surface area contributed by atoms with Gasteiger partial charge in [-0.05, 0) is 63.2 Å². The number of amides is 7. The highest BCUT2D eigenvalue weighted by molar-refractivity contribution is 14.0. The number of ether oxygens (including phenoxy) is 2. The minimum Gasteiger partial charge on any atom is -0.480 e. The maximum atomic E-state index is 13.1. The quantitative estimate of drug-likeness (QED) is 0.0274. The summed E-state index contributed by atoms with van der Waals surface area (Å²) in [6.07, 6.45) is 12.5. The van der Waals surface area contributed by atoms with Crippen molar-refractivity contribution in [3.05, 3.63) is 66.3 Å². The van der Waals surface area contributed by atoms with E-state index in [-0.39, 0.29) is 114 Å². The molecule has 0 fully saturated rings. The number of thiazole rings is 4. The number of carboxylic acid groups (broad SMARTS) is 1.